The second-order valence-corrected chi connectivity index (χ2v) is 10.4. The van der Waals surface area contributed by atoms with Crippen LogP contribution in [-0.2, 0) is 5.41 Å². The molecule has 0 fully saturated rings. The summed E-state index contributed by atoms with van der Waals surface area (Å²) in [6.07, 6.45) is 0. The Bertz CT molecular complexity index is 535. The van der Waals surface area contributed by atoms with Gasteiger partial charge in [0.15, 0.2) is 0 Å². The highest BCUT2D eigenvalue weighted by molar-refractivity contribution is 7.97. The second-order valence-electron chi connectivity index (χ2n) is 9.58. The predicted octanol–water partition coefficient (Wildman–Crippen LogP) is 3.70. The van der Waals surface area contributed by atoms with Gasteiger partial charge in [-0.15, -0.1) is 0 Å². The van der Waals surface area contributed by atoms with Crippen LogP contribution in [0.25, 0.3) is 0 Å². The molecule has 25 heavy (non-hydrogen) atoms. The fourth-order valence-electron chi connectivity index (χ4n) is 1.43. The average molecular weight is 365 g/mol. The van der Waals surface area contributed by atoms with Gasteiger partial charge in [-0.3, -0.25) is 4.72 Å². The zero-order valence-electron chi connectivity index (χ0n) is 17.6. The average Bonchev–Trinajstić information content (AvgIpc) is 2.33. The highest BCUT2D eigenvalue weighted by atomic mass is 32.2. The second kappa shape index (κ2) is 8.47. The zero-order valence-corrected chi connectivity index (χ0v) is 18.4. The molecule has 1 rings (SSSR count). The van der Waals surface area contributed by atoms with Crippen molar-refractivity contribution in [2.75, 3.05) is 0 Å². The van der Waals surface area contributed by atoms with Crippen molar-refractivity contribution >= 4 is 25.3 Å². The van der Waals surface area contributed by atoms with E-state index in [2.05, 4.69) is 58.4 Å². The van der Waals surface area contributed by atoms with E-state index >= 15 is 0 Å². The van der Waals surface area contributed by atoms with Gasteiger partial charge in [0, 0.05) is 10.4 Å². The van der Waals surface area contributed by atoms with Crippen LogP contribution in [0.5, 0.6) is 0 Å². The Balaban J connectivity index is 0.000000609. The van der Waals surface area contributed by atoms with Crippen LogP contribution < -0.4 is 10.2 Å². The molecule has 0 saturated carbocycles. The standard InChI is InChI=1S/C14H22BNS.C6H14O2/c1-13(2,3)11-9-10(15)7-8-12(11)17-16-14(4,5)6;1-5(2,7)6(3,4)8/h7-9,16H,1-6H3;7-8H,1-4H3. The number of hydrogen-bond donors (Lipinski definition) is 3. The van der Waals surface area contributed by atoms with Gasteiger partial charge in [-0.05, 0) is 77.5 Å². The van der Waals surface area contributed by atoms with Gasteiger partial charge >= 0.3 is 0 Å². The molecule has 0 saturated heterocycles. The maximum atomic E-state index is 9.10. The SMILES string of the molecule is CC(C)(O)C(C)(C)O.[B]c1ccc(SNC(C)(C)C)c(C(C)(C)C)c1. The fraction of sp³-hybridized carbons (Fsp3) is 0.700. The van der Waals surface area contributed by atoms with Crippen LogP contribution in [-0.4, -0.2) is 34.8 Å². The van der Waals surface area contributed by atoms with Gasteiger partial charge in [0.1, 0.15) is 7.85 Å². The lowest BCUT2D eigenvalue weighted by atomic mass is 9.83. The minimum Gasteiger partial charge on any atom is -0.387 e. The smallest absolute Gasteiger partial charge is 0.113 e. The van der Waals surface area contributed by atoms with E-state index in [1.165, 1.54) is 10.5 Å². The van der Waals surface area contributed by atoms with E-state index in [0.29, 0.717) is 0 Å². The molecule has 1 aromatic carbocycles. The van der Waals surface area contributed by atoms with Gasteiger partial charge in [-0.2, -0.15) is 0 Å². The van der Waals surface area contributed by atoms with E-state index in [1.807, 2.05) is 6.07 Å². The van der Waals surface area contributed by atoms with Gasteiger partial charge in [0.2, 0.25) is 0 Å². The van der Waals surface area contributed by atoms with Crippen LogP contribution >= 0.6 is 11.9 Å². The first-order valence-electron chi connectivity index (χ1n) is 8.63. The fourth-order valence-corrected chi connectivity index (χ4v) is 2.46. The van der Waals surface area contributed by atoms with Crippen molar-refractivity contribution in [2.24, 2.45) is 0 Å². The Morgan fingerprint density at radius 3 is 1.60 bits per heavy atom. The molecule has 0 unspecified atom stereocenters. The minimum atomic E-state index is -1.01. The summed E-state index contributed by atoms with van der Waals surface area (Å²) in [5.74, 6) is 0. The lowest BCUT2D eigenvalue weighted by molar-refractivity contribution is -0.107. The van der Waals surface area contributed by atoms with E-state index in [-0.39, 0.29) is 11.0 Å². The molecule has 0 bridgehead atoms. The van der Waals surface area contributed by atoms with Crippen molar-refractivity contribution in [2.45, 2.75) is 96.3 Å². The topological polar surface area (TPSA) is 52.5 Å². The predicted molar refractivity (Wildman–Crippen MR) is 112 cm³/mol. The molecule has 142 valence electrons. The van der Waals surface area contributed by atoms with Gasteiger partial charge in [-0.25, -0.2) is 0 Å². The number of rotatable bonds is 3. The molecule has 0 atom stereocenters. The van der Waals surface area contributed by atoms with Crippen molar-refractivity contribution in [1.29, 1.82) is 0 Å². The van der Waals surface area contributed by atoms with E-state index in [9.17, 15) is 0 Å². The molecule has 0 aliphatic rings. The van der Waals surface area contributed by atoms with E-state index < -0.39 is 11.2 Å². The summed E-state index contributed by atoms with van der Waals surface area (Å²) in [5.41, 5.74) is 0.313. The first-order valence-corrected chi connectivity index (χ1v) is 9.45. The molecule has 0 aliphatic carbocycles. The van der Waals surface area contributed by atoms with Crippen molar-refractivity contribution in [3.63, 3.8) is 0 Å². The third-order valence-corrected chi connectivity index (χ3v) is 5.07. The summed E-state index contributed by atoms with van der Waals surface area (Å²) in [6, 6.07) is 6.13. The van der Waals surface area contributed by atoms with Crippen LogP contribution in [0.1, 0.15) is 74.8 Å². The lowest BCUT2D eigenvalue weighted by Gasteiger charge is -2.31. The molecule has 5 heteroatoms. The monoisotopic (exact) mass is 365 g/mol. The molecule has 0 aromatic heterocycles. The molecule has 0 spiro atoms. The Hall–Kier alpha value is -0.485. The Morgan fingerprint density at radius 2 is 1.28 bits per heavy atom. The minimum absolute atomic E-state index is 0.0984. The van der Waals surface area contributed by atoms with Gasteiger partial charge < -0.3 is 10.2 Å². The molecule has 0 aliphatic heterocycles. The molecule has 2 radical (unpaired) electrons. The summed E-state index contributed by atoms with van der Waals surface area (Å²) < 4.78 is 3.45. The Labute approximate surface area is 160 Å². The maximum Gasteiger partial charge on any atom is 0.113 e. The normalized spacial score (nSPS) is 13.3. The highest BCUT2D eigenvalue weighted by Gasteiger charge is 2.31. The molecule has 0 amide bonds. The number of nitrogens with one attached hydrogen (secondary N) is 1. The first kappa shape index (κ1) is 24.5. The highest BCUT2D eigenvalue weighted by Crippen LogP contribution is 2.31. The van der Waals surface area contributed by atoms with Crippen molar-refractivity contribution in [1.82, 2.24) is 4.72 Å². The number of hydrogen-bond acceptors (Lipinski definition) is 4. The van der Waals surface area contributed by atoms with Gasteiger partial charge in [0.25, 0.3) is 0 Å². The first-order chi connectivity index (χ1) is 10.8. The number of aliphatic hydroxyl groups is 2. The maximum absolute atomic E-state index is 9.10. The molecular weight excluding hydrogens is 329 g/mol. The largest absolute Gasteiger partial charge is 0.387 e. The van der Waals surface area contributed by atoms with Crippen molar-refractivity contribution in [3.8, 4) is 0 Å². The Morgan fingerprint density at radius 1 is 0.840 bits per heavy atom. The zero-order chi connectivity index (χ0) is 20.3. The quantitative estimate of drug-likeness (QED) is 0.565. The van der Waals surface area contributed by atoms with Crippen molar-refractivity contribution in [3.05, 3.63) is 23.8 Å². The lowest BCUT2D eigenvalue weighted by Crippen LogP contribution is -2.44. The summed E-state index contributed by atoms with van der Waals surface area (Å²) in [7, 11) is 5.88. The van der Waals surface area contributed by atoms with Crippen molar-refractivity contribution < 1.29 is 10.2 Å². The summed E-state index contributed by atoms with van der Waals surface area (Å²) >= 11 is 1.68. The summed E-state index contributed by atoms with van der Waals surface area (Å²) in [6.45, 7) is 19.4. The Kier molecular flexibility index (Phi) is 8.31. The molecule has 3 N–H and O–H groups in total. The third-order valence-electron chi connectivity index (χ3n) is 3.78. The number of benzene rings is 1. The molecule has 3 nitrogen and oxygen atoms in total. The van der Waals surface area contributed by atoms with E-state index in [1.54, 1.807) is 39.6 Å². The summed E-state index contributed by atoms with van der Waals surface area (Å²) in [4.78, 5) is 1.25. The molecule has 1 aromatic rings. The van der Waals surface area contributed by atoms with Crippen LogP contribution in [0.15, 0.2) is 23.1 Å². The van der Waals surface area contributed by atoms with Gasteiger partial charge in [-0.1, -0.05) is 38.4 Å². The third kappa shape index (κ3) is 9.69. The summed E-state index contributed by atoms with van der Waals surface area (Å²) in [5, 5.41) is 18.2. The van der Waals surface area contributed by atoms with Crippen LogP contribution in [0, 0.1) is 0 Å². The van der Waals surface area contributed by atoms with E-state index in [4.69, 9.17) is 18.1 Å². The van der Waals surface area contributed by atoms with Crippen LogP contribution in [0.4, 0.5) is 0 Å². The van der Waals surface area contributed by atoms with Crippen LogP contribution in [0.2, 0.25) is 0 Å². The molecule has 0 heterocycles. The van der Waals surface area contributed by atoms with E-state index in [0.717, 1.165) is 5.46 Å². The van der Waals surface area contributed by atoms with Crippen LogP contribution in [0.3, 0.4) is 0 Å². The molecular formula is C20H36BNO2S. The van der Waals surface area contributed by atoms with Gasteiger partial charge in [0.05, 0.1) is 11.2 Å².